The van der Waals surface area contributed by atoms with Crippen LogP contribution in [0.5, 0.6) is 0 Å². The average molecular weight is 447 g/mol. The number of aliphatic imine (C=N–C) groups is 1. The van der Waals surface area contributed by atoms with E-state index in [1.807, 2.05) is 31.2 Å². The highest BCUT2D eigenvalue weighted by molar-refractivity contribution is 7.89. The summed E-state index contributed by atoms with van der Waals surface area (Å²) in [5.74, 6) is 0.693. The molecule has 3 N–H and O–H groups in total. The summed E-state index contributed by atoms with van der Waals surface area (Å²) in [6.45, 7) is 8.73. The van der Waals surface area contributed by atoms with E-state index in [9.17, 15) is 8.42 Å². The Kier molecular flexibility index (Phi) is 9.48. The van der Waals surface area contributed by atoms with Gasteiger partial charge < -0.3 is 15.4 Å². The van der Waals surface area contributed by atoms with Gasteiger partial charge in [-0.1, -0.05) is 56.3 Å². The third-order valence-corrected chi connectivity index (χ3v) is 6.28. The van der Waals surface area contributed by atoms with E-state index in [1.54, 1.807) is 18.2 Å². The SMILES string of the molecule is CCNC(=NCc1cccc(S(=O)(=O)NCCOC)c1)NCC(C)(C)c1ccccc1. The molecule has 170 valence electrons. The molecule has 0 atom stereocenters. The Balaban J connectivity index is 2.06. The van der Waals surface area contributed by atoms with Crippen molar-refractivity contribution < 1.29 is 13.2 Å². The van der Waals surface area contributed by atoms with Gasteiger partial charge in [-0.2, -0.15) is 0 Å². The van der Waals surface area contributed by atoms with Crippen LogP contribution >= 0.6 is 0 Å². The first kappa shape index (κ1) is 24.8. The highest BCUT2D eigenvalue weighted by Crippen LogP contribution is 2.21. The number of methoxy groups -OCH3 is 1. The Hall–Kier alpha value is -2.42. The maximum absolute atomic E-state index is 12.4. The van der Waals surface area contributed by atoms with Crippen LogP contribution in [-0.4, -0.2) is 47.7 Å². The predicted molar refractivity (Wildman–Crippen MR) is 126 cm³/mol. The molecule has 0 spiro atoms. The van der Waals surface area contributed by atoms with Gasteiger partial charge in [-0.3, -0.25) is 0 Å². The molecule has 31 heavy (non-hydrogen) atoms. The van der Waals surface area contributed by atoms with Gasteiger partial charge in [-0.15, -0.1) is 0 Å². The zero-order chi connectivity index (χ0) is 22.7. The standard InChI is InChI=1S/C23H34N4O3S/c1-5-24-22(26-18-23(2,3)20-11-7-6-8-12-20)25-17-19-10-9-13-21(16-19)31(28,29)27-14-15-30-4/h6-13,16,27H,5,14-15,17-18H2,1-4H3,(H2,24,25,26). The number of nitrogens with zero attached hydrogens (tertiary/aromatic N) is 1. The van der Waals surface area contributed by atoms with Gasteiger partial charge in [-0.05, 0) is 30.2 Å². The molecule has 0 aliphatic rings. The van der Waals surface area contributed by atoms with Crippen molar-refractivity contribution >= 4 is 16.0 Å². The van der Waals surface area contributed by atoms with E-state index >= 15 is 0 Å². The topological polar surface area (TPSA) is 91.8 Å². The zero-order valence-electron chi connectivity index (χ0n) is 18.8. The van der Waals surface area contributed by atoms with Gasteiger partial charge in [0.2, 0.25) is 10.0 Å². The minimum atomic E-state index is -3.57. The van der Waals surface area contributed by atoms with Crippen LogP contribution in [-0.2, 0) is 26.7 Å². The van der Waals surface area contributed by atoms with Gasteiger partial charge in [0.15, 0.2) is 5.96 Å². The Labute approximate surface area is 186 Å². The maximum Gasteiger partial charge on any atom is 0.240 e. The molecule has 8 heteroatoms. The summed E-state index contributed by atoms with van der Waals surface area (Å²) in [7, 11) is -2.04. The van der Waals surface area contributed by atoms with Crippen molar-refractivity contribution in [3.05, 3.63) is 65.7 Å². The van der Waals surface area contributed by atoms with Gasteiger partial charge in [0.05, 0.1) is 18.0 Å². The number of rotatable bonds is 11. The first-order valence-electron chi connectivity index (χ1n) is 10.4. The lowest BCUT2D eigenvalue weighted by Crippen LogP contribution is -2.43. The van der Waals surface area contributed by atoms with Crippen LogP contribution in [0.4, 0.5) is 0 Å². The number of hydrogen-bond donors (Lipinski definition) is 3. The second-order valence-corrected chi connectivity index (χ2v) is 9.60. The van der Waals surface area contributed by atoms with Crippen molar-refractivity contribution in [3.8, 4) is 0 Å². The fourth-order valence-electron chi connectivity index (χ4n) is 2.98. The smallest absolute Gasteiger partial charge is 0.240 e. The lowest BCUT2D eigenvalue weighted by Gasteiger charge is -2.26. The van der Waals surface area contributed by atoms with Gasteiger partial charge in [0, 0.05) is 32.2 Å². The molecule has 0 aliphatic heterocycles. The van der Waals surface area contributed by atoms with Crippen LogP contribution in [0.15, 0.2) is 64.5 Å². The molecule has 0 saturated heterocycles. The van der Waals surface area contributed by atoms with Crippen LogP contribution in [0.1, 0.15) is 31.9 Å². The van der Waals surface area contributed by atoms with Crippen molar-refractivity contribution in [1.29, 1.82) is 0 Å². The molecule has 0 heterocycles. The number of ether oxygens (including phenoxy) is 1. The Bertz CT molecular complexity index is 944. The van der Waals surface area contributed by atoms with E-state index in [0.717, 1.165) is 12.1 Å². The lowest BCUT2D eigenvalue weighted by molar-refractivity contribution is 0.204. The molecule has 7 nitrogen and oxygen atoms in total. The van der Waals surface area contributed by atoms with Crippen molar-refractivity contribution in [2.75, 3.05) is 33.4 Å². The van der Waals surface area contributed by atoms with Gasteiger partial charge in [0.1, 0.15) is 0 Å². The van der Waals surface area contributed by atoms with E-state index in [1.165, 1.54) is 12.7 Å². The maximum atomic E-state index is 12.4. The molecule has 2 aromatic carbocycles. The number of benzene rings is 2. The number of sulfonamides is 1. The molecule has 0 unspecified atom stereocenters. The lowest BCUT2D eigenvalue weighted by atomic mass is 9.85. The van der Waals surface area contributed by atoms with Gasteiger partial charge in [0.25, 0.3) is 0 Å². The number of hydrogen-bond acceptors (Lipinski definition) is 4. The highest BCUT2D eigenvalue weighted by Gasteiger charge is 2.20. The predicted octanol–water partition coefficient (Wildman–Crippen LogP) is 2.64. The Morgan fingerprint density at radius 2 is 1.81 bits per heavy atom. The largest absolute Gasteiger partial charge is 0.383 e. The normalized spacial score (nSPS) is 12.6. The molecule has 0 bridgehead atoms. The van der Waals surface area contributed by atoms with E-state index < -0.39 is 10.0 Å². The molecule has 0 radical (unpaired) electrons. The number of guanidine groups is 1. The first-order valence-corrected chi connectivity index (χ1v) is 11.9. The fourth-order valence-corrected chi connectivity index (χ4v) is 4.06. The van der Waals surface area contributed by atoms with E-state index in [-0.39, 0.29) is 16.9 Å². The van der Waals surface area contributed by atoms with Crippen molar-refractivity contribution in [3.63, 3.8) is 0 Å². The van der Waals surface area contributed by atoms with Crippen LogP contribution in [0.25, 0.3) is 0 Å². The second-order valence-electron chi connectivity index (χ2n) is 7.84. The third-order valence-electron chi connectivity index (χ3n) is 4.82. The number of nitrogens with one attached hydrogen (secondary N) is 3. The molecular formula is C23H34N4O3S. The molecule has 0 saturated carbocycles. The summed E-state index contributed by atoms with van der Waals surface area (Å²) in [5.41, 5.74) is 1.99. The summed E-state index contributed by atoms with van der Waals surface area (Å²) in [5, 5.41) is 6.65. The zero-order valence-corrected chi connectivity index (χ0v) is 19.6. The van der Waals surface area contributed by atoms with Crippen molar-refractivity contribution in [1.82, 2.24) is 15.4 Å². The van der Waals surface area contributed by atoms with E-state index in [2.05, 4.69) is 46.3 Å². The first-order chi connectivity index (χ1) is 14.8. The summed E-state index contributed by atoms with van der Waals surface area (Å²) >= 11 is 0. The summed E-state index contributed by atoms with van der Waals surface area (Å²) < 4.78 is 32.3. The van der Waals surface area contributed by atoms with Crippen molar-refractivity contribution in [2.24, 2.45) is 4.99 Å². The summed E-state index contributed by atoms with van der Waals surface area (Å²) in [4.78, 5) is 4.86. The molecule has 2 aromatic rings. The molecule has 0 aromatic heterocycles. The molecule has 0 amide bonds. The van der Waals surface area contributed by atoms with Crippen LogP contribution in [0, 0.1) is 0 Å². The molecule has 0 fully saturated rings. The second kappa shape index (κ2) is 11.8. The van der Waals surface area contributed by atoms with E-state index in [0.29, 0.717) is 25.7 Å². The minimum absolute atomic E-state index is 0.0701. The van der Waals surface area contributed by atoms with Crippen LogP contribution < -0.4 is 15.4 Å². The monoisotopic (exact) mass is 446 g/mol. The Morgan fingerprint density at radius 3 is 2.48 bits per heavy atom. The quantitative estimate of drug-likeness (QED) is 0.280. The average Bonchev–Trinajstić information content (AvgIpc) is 2.76. The van der Waals surface area contributed by atoms with Gasteiger partial charge in [-0.25, -0.2) is 18.1 Å². The molecule has 2 rings (SSSR count). The third kappa shape index (κ3) is 7.97. The Morgan fingerprint density at radius 1 is 1.06 bits per heavy atom. The van der Waals surface area contributed by atoms with Crippen LogP contribution in [0.3, 0.4) is 0 Å². The highest BCUT2D eigenvalue weighted by atomic mass is 32.2. The molecule has 0 aliphatic carbocycles. The summed E-state index contributed by atoms with van der Waals surface area (Å²) in [6, 6.07) is 17.2. The van der Waals surface area contributed by atoms with Crippen molar-refractivity contribution in [2.45, 2.75) is 37.6 Å². The van der Waals surface area contributed by atoms with Gasteiger partial charge >= 0.3 is 0 Å². The minimum Gasteiger partial charge on any atom is -0.383 e. The van der Waals surface area contributed by atoms with E-state index in [4.69, 9.17) is 4.74 Å². The summed E-state index contributed by atoms with van der Waals surface area (Å²) in [6.07, 6.45) is 0. The molecular weight excluding hydrogens is 412 g/mol. The fraction of sp³-hybridized carbons (Fsp3) is 0.435. The van der Waals surface area contributed by atoms with Crippen LogP contribution in [0.2, 0.25) is 0 Å².